The molecule has 114 valence electrons. The zero-order valence-electron chi connectivity index (χ0n) is 11.8. The molecule has 2 nitrogen and oxygen atoms in total. The van der Waals surface area contributed by atoms with Crippen molar-refractivity contribution in [2.45, 2.75) is 44.4 Å². The average Bonchev–Trinajstić information content (AvgIpc) is 2.45. The Balaban J connectivity index is 2.33. The van der Waals surface area contributed by atoms with Crippen molar-refractivity contribution in [2.75, 3.05) is 0 Å². The Hall–Kier alpha value is -1.78. The van der Waals surface area contributed by atoms with Gasteiger partial charge in [0.2, 0.25) is 0 Å². The van der Waals surface area contributed by atoms with E-state index in [9.17, 15) is 18.0 Å². The monoisotopic (exact) mass is 298 g/mol. The lowest BCUT2D eigenvalue weighted by Gasteiger charge is -2.38. The Morgan fingerprint density at radius 3 is 2.67 bits per heavy atom. The van der Waals surface area contributed by atoms with Gasteiger partial charge in [-0.1, -0.05) is 37.8 Å². The first kappa shape index (κ1) is 15.6. The molecule has 0 bridgehead atoms. The molecule has 0 heterocycles. The number of esters is 1. The molecule has 0 spiro atoms. The number of carbonyl (C=O) groups excluding carboxylic acids is 1. The number of rotatable bonds is 3. The minimum atomic E-state index is -4.76. The number of aryl methyl sites for hydroxylation is 1. The van der Waals surface area contributed by atoms with Crippen molar-refractivity contribution >= 4 is 5.97 Å². The number of hydrogen-bond acceptors (Lipinski definition) is 2. The predicted octanol–water partition coefficient (Wildman–Crippen LogP) is 4.29. The molecule has 1 atom stereocenters. The van der Waals surface area contributed by atoms with E-state index in [1.807, 2.05) is 25.1 Å². The van der Waals surface area contributed by atoms with E-state index in [1.54, 1.807) is 6.07 Å². The molecule has 0 fully saturated rings. The van der Waals surface area contributed by atoms with Crippen LogP contribution in [-0.4, -0.2) is 12.1 Å². The van der Waals surface area contributed by atoms with E-state index in [4.69, 9.17) is 4.74 Å². The van der Waals surface area contributed by atoms with Gasteiger partial charge in [-0.05, 0) is 36.8 Å². The summed E-state index contributed by atoms with van der Waals surface area (Å²) in [5.74, 6) is -1.39. The van der Waals surface area contributed by atoms with Crippen molar-refractivity contribution in [3.8, 4) is 0 Å². The first-order valence-electron chi connectivity index (χ1n) is 6.88. The van der Waals surface area contributed by atoms with Gasteiger partial charge in [0, 0.05) is 0 Å². The summed E-state index contributed by atoms with van der Waals surface area (Å²) in [5, 5.41) is 0. The Labute approximate surface area is 121 Å². The van der Waals surface area contributed by atoms with E-state index < -0.39 is 23.3 Å². The molecule has 0 N–H and O–H groups in total. The highest BCUT2D eigenvalue weighted by atomic mass is 19.4. The SMILES string of the molecule is C=C(C(=O)OC1(CC)CCCc2ccccc21)C(F)(F)F. The summed E-state index contributed by atoms with van der Waals surface area (Å²) >= 11 is 0. The van der Waals surface area contributed by atoms with Crippen LogP contribution in [0.3, 0.4) is 0 Å². The van der Waals surface area contributed by atoms with Crippen molar-refractivity contribution in [3.05, 3.63) is 47.5 Å². The molecule has 0 aliphatic heterocycles. The summed E-state index contributed by atoms with van der Waals surface area (Å²) in [4.78, 5) is 11.8. The van der Waals surface area contributed by atoms with Crippen LogP contribution in [0.1, 0.15) is 37.3 Å². The lowest BCUT2D eigenvalue weighted by molar-refractivity contribution is -0.168. The predicted molar refractivity (Wildman–Crippen MR) is 72.6 cm³/mol. The summed E-state index contributed by atoms with van der Waals surface area (Å²) < 4.78 is 43.0. The van der Waals surface area contributed by atoms with Crippen molar-refractivity contribution in [2.24, 2.45) is 0 Å². The average molecular weight is 298 g/mol. The molecule has 21 heavy (non-hydrogen) atoms. The summed E-state index contributed by atoms with van der Waals surface area (Å²) in [5.41, 5.74) is -0.614. The number of fused-ring (bicyclic) bond motifs is 1. The van der Waals surface area contributed by atoms with E-state index in [1.165, 1.54) is 0 Å². The summed E-state index contributed by atoms with van der Waals surface area (Å²) in [6, 6.07) is 7.43. The topological polar surface area (TPSA) is 26.3 Å². The standard InChI is InChI=1S/C16H17F3O2/c1-3-15(21-14(20)11(2)16(17,18)19)10-6-8-12-7-4-5-9-13(12)15/h4-5,7,9H,2-3,6,8,10H2,1H3. The second kappa shape index (κ2) is 5.54. The fourth-order valence-corrected chi connectivity index (χ4v) is 2.78. The largest absolute Gasteiger partial charge is 0.451 e. The van der Waals surface area contributed by atoms with Crippen molar-refractivity contribution < 1.29 is 22.7 Å². The van der Waals surface area contributed by atoms with E-state index >= 15 is 0 Å². The number of benzene rings is 1. The van der Waals surface area contributed by atoms with Crippen LogP contribution in [-0.2, 0) is 21.6 Å². The molecule has 0 radical (unpaired) electrons. The fourth-order valence-electron chi connectivity index (χ4n) is 2.78. The van der Waals surface area contributed by atoms with Crippen LogP contribution in [0, 0.1) is 0 Å². The van der Waals surface area contributed by atoms with Gasteiger partial charge in [0.05, 0.1) is 0 Å². The molecule has 1 aromatic rings. The fraction of sp³-hybridized carbons (Fsp3) is 0.438. The first-order valence-corrected chi connectivity index (χ1v) is 6.88. The van der Waals surface area contributed by atoms with E-state index in [0.717, 1.165) is 24.0 Å². The molecule has 0 amide bonds. The van der Waals surface area contributed by atoms with Gasteiger partial charge in [-0.15, -0.1) is 0 Å². The zero-order valence-corrected chi connectivity index (χ0v) is 11.8. The van der Waals surface area contributed by atoms with Gasteiger partial charge >= 0.3 is 12.1 Å². The lowest BCUT2D eigenvalue weighted by Crippen LogP contribution is -2.37. The van der Waals surface area contributed by atoms with Crippen LogP contribution in [0.4, 0.5) is 13.2 Å². The molecule has 0 aromatic heterocycles. The molecule has 5 heteroatoms. The van der Waals surface area contributed by atoms with Crippen LogP contribution < -0.4 is 0 Å². The van der Waals surface area contributed by atoms with Crippen LogP contribution in [0.5, 0.6) is 0 Å². The van der Waals surface area contributed by atoms with Crippen molar-refractivity contribution in [1.29, 1.82) is 0 Å². The third kappa shape index (κ3) is 2.96. The highest BCUT2D eigenvalue weighted by Gasteiger charge is 2.44. The highest BCUT2D eigenvalue weighted by molar-refractivity contribution is 5.89. The molecule has 1 unspecified atom stereocenters. The summed E-state index contributed by atoms with van der Waals surface area (Å²) in [7, 11) is 0. The minimum absolute atomic E-state index is 0.431. The Morgan fingerprint density at radius 1 is 1.38 bits per heavy atom. The molecule has 0 saturated carbocycles. The van der Waals surface area contributed by atoms with Gasteiger partial charge in [-0.2, -0.15) is 13.2 Å². The minimum Gasteiger partial charge on any atom is -0.451 e. The van der Waals surface area contributed by atoms with Crippen LogP contribution in [0.25, 0.3) is 0 Å². The number of carbonyl (C=O) groups is 1. The zero-order chi connectivity index (χ0) is 15.7. The molecular formula is C16H17F3O2. The maximum absolute atomic E-state index is 12.6. The molecule has 2 rings (SSSR count). The Kier molecular flexibility index (Phi) is 4.12. The van der Waals surface area contributed by atoms with Crippen LogP contribution in [0.2, 0.25) is 0 Å². The second-order valence-corrected chi connectivity index (χ2v) is 5.22. The highest BCUT2D eigenvalue weighted by Crippen LogP contribution is 2.42. The first-order chi connectivity index (χ1) is 9.80. The molecule has 0 saturated heterocycles. The maximum Gasteiger partial charge on any atom is 0.422 e. The third-order valence-corrected chi connectivity index (χ3v) is 3.98. The van der Waals surface area contributed by atoms with Crippen molar-refractivity contribution in [3.63, 3.8) is 0 Å². The van der Waals surface area contributed by atoms with Gasteiger partial charge in [-0.3, -0.25) is 0 Å². The maximum atomic E-state index is 12.6. The van der Waals surface area contributed by atoms with E-state index in [-0.39, 0.29) is 0 Å². The van der Waals surface area contributed by atoms with Gasteiger partial charge in [-0.25, -0.2) is 4.79 Å². The number of ether oxygens (including phenoxy) is 1. The van der Waals surface area contributed by atoms with Crippen LogP contribution in [0.15, 0.2) is 36.4 Å². The lowest BCUT2D eigenvalue weighted by atomic mass is 9.77. The van der Waals surface area contributed by atoms with Gasteiger partial charge in [0.1, 0.15) is 11.2 Å². The van der Waals surface area contributed by atoms with Gasteiger partial charge in [0.25, 0.3) is 0 Å². The third-order valence-electron chi connectivity index (χ3n) is 3.98. The second-order valence-electron chi connectivity index (χ2n) is 5.22. The van der Waals surface area contributed by atoms with E-state index in [2.05, 4.69) is 6.58 Å². The Morgan fingerprint density at radius 2 is 2.05 bits per heavy atom. The smallest absolute Gasteiger partial charge is 0.422 e. The molecular weight excluding hydrogens is 281 g/mol. The van der Waals surface area contributed by atoms with E-state index in [0.29, 0.717) is 12.8 Å². The van der Waals surface area contributed by atoms with Gasteiger partial charge < -0.3 is 4.74 Å². The summed E-state index contributed by atoms with van der Waals surface area (Å²) in [6.07, 6.45) is -2.19. The molecule has 1 aliphatic carbocycles. The van der Waals surface area contributed by atoms with Gasteiger partial charge in [0.15, 0.2) is 0 Å². The van der Waals surface area contributed by atoms with Crippen molar-refractivity contribution in [1.82, 2.24) is 0 Å². The molecule has 1 aliphatic rings. The summed E-state index contributed by atoms with van der Waals surface area (Å²) in [6.45, 7) is 4.62. The van der Waals surface area contributed by atoms with Crippen LogP contribution >= 0.6 is 0 Å². The Bertz CT molecular complexity index is 563. The number of halogens is 3. The number of hydrogen-bond donors (Lipinski definition) is 0. The normalized spacial score (nSPS) is 21.5. The number of alkyl halides is 3. The quantitative estimate of drug-likeness (QED) is 0.614. The molecule has 1 aromatic carbocycles.